The van der Waals surface area contributed by atoms with Gasteiger partial charge in [-0.25, -0.2) is 8.42 Å². The summed E-state index contributed by atoms with van der Waals surface area (Å²) in [7, 11) is -3.45. The Labute approximate surface area is 144 Å². The number of benzene rings is 1. The summed E-state index contributed by atoms with van der Waals surface area (Å²) in [4.78, 5) is 4.27. The Morgan fingerprint density at radius 3 is 2.64 bits per heavy atom. The van der Waals surface area contributed by atoms with Crippen molar-refractivity contribution in [3.05, 3.63) is 65.6 Å². The molecule has 4 rings (SSSR count). The summed E-state index contributed by atoms with van der Waals surface area (Å²) in [5.41, 5.74) is 0.836. The van der Waals surface area contributed by atoms with Crippen molar-refractivity contribution in [2.24, 2.45) is 0 Å². The molecule has 0 N–H and O–H groups in total. The predicted octanol–water partition coefficient (Wildman–Crippen LogP) is 2.73. The van der Waals surface area contributed by atoms with Crippen LogP contribution >= 0.6 is 0 Å². The maximum Gasteiger partial charge on any atom is 0.238 e. The molecule has 0 unspecified atom stereocenters. The Morgan fingerprint density at radius 1 is 1.12 bits per heavy atom. The van der Waals surface area contributed by atoms with Gasteiger partial charge in [0.15, 0.2) is 5.76 Å². The van der Waals surface area contributed by atoms with Gasteiger partial charge >= 0.3 is 0 Å². The fourth-order valence-corrected chi connectivity index (χ4v) is 3.80. The van der Waals surface area contributed by atoms with Crippen molar-refractivity contribution in [1.29, 1.82) is 0 Å². The molecule has 0 atom stereocenters. The highest BCUT2D eigenvalue weighted by molar-refractivity contribution is 7.92. The minimum Gasteiger partial charge on any atom is -0.461 e. The molecule has 1 saturated heterocycles. The fraction of sp³-hybridized carbons (Fsp3) is 0.176. The zero-order valence-corrected chi connectivity index (χ0v) is 14.0. The van der Waals surface area contributed by atoms with Crippen LogP contribution in [0.4, 0.5) is 0 Å². The maximum atomic E-state index is 12.3. The Morgan fingerprint density at radius 2 is 1.92 bits per heavy atom. The highest BCUT2D eigenvalue weighted by Crippen LogP contribution is 2.30. The van der Waals surface area contributed by atoms with Crippen LogP contribution < -0.4 is 0 Å². The van der Waals surface area contributed by atoms with Crippen LogP contribution in [-0.4, -0.2) is 36.0 Å². The van der Waals surface area contributed by atoms with E-state index in [9.17, 15) is 8.42 Å². The predicted molar refractivity (Wildman–Crippen MR) is 90.7 cm³/mol. The summed E-state index contributed by atoms with van der Waals surface area (Å²) in [6.07, 6.45) is 3.12. The molecule has 128 valence electrons. The molecule has 3 aromatic rings. The first kappa shape index (κ1) is 15.8. The molecule has 0 radical (unpaired) electrons. The molecule has 25 heavy (non-hydrogen) atoms. The number of aromatic nitrogens is 2. The van der Waals surface area contributed by atoms with E-state index in [1.165, 1.54) is 16.0 Å². The first-order valence-electron chi connectivity index (χ1n) is 7.72. The number of hydrogen-bond acceptors (Lipinski definition) is 6. The lowest BCUT2D eigenvalue weighted by Crippen LogP contribution is -2.47. The van der Waals surface area contributed by atoms with Crippen LogP contribution in [0.5, 0.6) is 0 Å². The first-order chi connectivity index (χ1) is 12.1. The lowest BCUT2D eigenvalue weighted by atomic mass is 10.0. The summed E-state index contributed by atoms with van der Waals surface area (Å²) >= 11 is 0. The van der Waals surface area contributed by atoms with Crippen molar-refractivity contribution in [3.63, 3.8) is 0 Å². The number of sulfonamides is 1. The summed E-state index contributed by atoms with van der Waals surface area (Å²) in [6, 6.07) is 12.8. The molecular formula is C17H15N3O4S. The van der Waals surface area contributed by atoms with Crippen molar-refractivity contribution < 1.29 is 17.4 Å². The highest BCUT2D eigenvalue weighted by Gasteiger charge is 2.38. The van der Waals surface area contributed by atoms with E-state index < -0.39 is 10.0 Å². The van der Waals surface area contributed by atoms with Crippen LogP contribution in [0.3, 0.4) is 0 Å². The van der Waals surface area contributed by atoms with E-state index in [2.05, 4.69) is 10.1 Å². The van der Waals surface area contributed by atoms with Crippen LogP contribution in [0.15, 0.2) is 63.1 Å². The van der Waals surface area contributed by atoms with E-state index in [1.807, 2.05) is 30.3 Å². The number of nitrogens with zero attached hydrogens (tertiary/aromatic N) is 3. The van der Waals surface area contributed by atoms with E-state index in [1.54, 1.807) is 18.2 Å². The van der Waals surface area contributed by atoms with Crippen molar-refractivity contribution in [3.8, 4) is 11.6 Å². The average Bonchev–Trinajstić information content (AvgIpc) is 3.24. The molecule has 1 aromatic carbocycles. The smallest absolute Gasteiger partial charge is 0.238 e. The van der Waals surface area contributed by atoms with Crippen molar-refractivity contribution >= 4 is 16.1 Å². The van der Waals surface area contributed by atoms with Gasteiger partial charge in [0.25, 0.3) is 0 Å². The zero-order valence-electron chi connectivity index (χ0n) is 13.1. The minimum absolute atomic E-state index is 0.101. The van der Waals surface area contributed by atoms with E-state index in [-0.39, 0.29) is 5.92 Å². The Bertz CT molecular complexity index is 972. The first-order valence-corrected chi connectivity index (χ1v) is 9.23. The van der Waals surface area contributed by atoms with Crippen LogP contribution in [0, 0.1) is 0 Å². The van der Waals surface area contributed by atoms with E-state index >= 15 is 0 Å². The molecule has 0 saturated carbocycles. The second-order valence-corrected chi connectivity index (χ2v) is 7.52. The molecule has 0 amide bonds. The van der Waals surface area contributed by atoms with Crippen molar-refractivity contribution in [2.75, 3.05) is 13.1 Å². The molecule has 1 fully saturated rings. The molecule has 0 aliphatic carbocycles. The monoisotopic (exact) mass is 357 g/mol. The second-order valence-electron chi connectivity index (χ2n) is 5.71. The third-order valence-electron chi connectivity index (χ3n) is 3.97. The van der Waals surface area contributed by atoms with Gasteiger partial charge in [-0.2, -0.15) is 9.29 Å². The van der Waals surface area contributed by atoms with Crippen LogP contribution in [0.1, 0.15) is 17.4 Å². The average molecular weight is 357 g/mol. The number of hydrogen-bond donors (Lipinski definition) is 0. The van der Waals surface area contributed by atoms with E-state index in [4.69, 9.17) is 8.94 Å². The number of furan rings is 1. The lowest BCUT2D eigenvalue weighted by molar-refractivity contribution is 0.218. The zero-order chi connectivity index (χ0) is 17.3. The lowest BCUT2D eigenvalue weighted by Gasteiger charge is -2.34. The van der Waals surface area contributed by atoms with Crippen molar-refractivity contribution in [2.45, 2.75) is 5.92 Å². The normalized spacial score (nSPS) is 16.3. The van der Waals surface area contributed by atoms with Crippen LogP contribution in [0.2, 0.25) is 0 Å². The molecule has 8 heteroatoms. The van der Waals surface area contributed by atoms with Crippen molar-refractivity contribution in [1.82, 2.24) is 14.4 Å². The van der Waals surface area contributed by atoms with Gasteiger partial charge in [0.05, 0.1) is 12.2 Å². The third kappa shape index (κ3) is 3.26. The summed E-state index contributed by atoms with van der Waals surface area (Å²) < 4.78 is 36.4. The molecule has 3 heterocycles. The second kappa shape index (κ2) is 6.30. The van der Waals surface area contributed by atoms with Gasteiger partial charge in [0, 0.05) is 18.5 Å². The summed E-state index contributed by atoms with van der Waals surface area (Å²) in [5.74, 6) is 1.20. The Kier molecular flexibility index (Phi) is 3.98. The molecule has 0 spiro atoms. The Hall–Kier alpha value is -2.71. The largest absolute Gasteiger partial charge is 0.461 e. The molecule has 1 aliphatic heterocycles. The van der Waals surface area contributed by atoms with Crippen LogP contribution in [-0.2, 0) is 10.0 Å². The van der Waals surface area contributed by atoms with Gasteiger partial charge in [-0.05, 0) is 23.8 Å². The van der Waals surface area contributed by atoms with Gasteiger partial charge in [-0.1, -0.05) is 35.5 Å². The van der Waals surface area contributed by atoms with Gasteiger partial charge in [0.2, 0.25) is 21.7 Å². The molecule has 0 bridgehead atoms. The van der Waals surface area contributed by atoms with Gasteiger partial charge in [0.1, 0.15) is 0 Å². The standard InChI is InChI=1S/C17H15N3O4S/c21-25(22,10-8-13-5-2-1-3-6-13)20-11-14(12-20)17-18-16(19-24-17)15-7-4-9-23-15/h1-10,14H,11-12H2/b10-8+. The highest BCUT2D eigenvalue weighted by atomic mass is 32.2. The van der Waals surface area contributed by atoms with Crippen LogP contribution in [0.25, 0.3) is 17.7 Å². The topological polar surface area (TPSA) is 89.4 Å². The Balaban J connectivity index is 1.40. The van der Waals surface area contributed by atoms with Gasteiger partial charge in [-0.15, -0.1) is 0 Å². The van der Waals surface area contributed by atoms with Gasteiger partial charge < -0.3 is 8.94 Å². The summed E-state index contributed by atoms with van der Waals surface area (Å²) in [5, 5.41) is 5.09. The third-order valence-corrected chi connectivity index (χ3v) is 5.47. The minimum atomic E-state index is -3.45. The fourth-order valence-electron chi connectivity index (χ4n) is 2.52. The molecule has 1 aliphatic rings. The quantitative estimate of drug-likeness (QED) is 0.697. The summed E-state index contributed by atoms with van der Waals surface area (Å²) in [6.45, 7) is 0.641. The molecule has 7 nitrogen and oxygen atoms in total. The molecule has 2 aromatic heterocycles. The molecular weight excluding hydrogens is 342 g/mol. The van der Waals surface area contributed by atoms with Gasteiger partial charge in [-0.3, -0.25) is 0 Å². The number of rotatable bonds is 5. The van der Waals surface area contributed by atoms with E-state index in [0.717, 1.165) is 5.56 Å². The maximum absolute atomic E-state index is 12.3. The van der Waals surface area contributed by atoms with E-state index in [0.29, 0.717) is 30.6 Å². The SMILES string of the molecule is O=S(=O)(/C=C/c1ccccc1)N1CC(c2nc(-c3ccco3)no2)C1.